The molecule has 5 N–H and O–H groups in total. The molecule has 0 saturated carbocycles. The lowest BCUT2D eigenvalue weighted by atomic mass is 9.91. The van der Waals surface area contributed by atoms with Crippen LogP contribution in [0.4, 0.5) is 5.82 Å². The van der Waals surface area contributed by atoms with E-state index in [0.29, 0.717) is 16.9 Å². The zero-order chi connectivity index (χ0) is 15.2. The molecular weight excluding hydrogens is 276 g/mol. The van der Waals surface area contributed by atoms with Crippen LogP contribution in [0, 0.1) is 0 Å². The van der Waals surface area contributed by atoms with Gasteiger partial charge >= 0.3 is 0 Å². The van der Waals surface area contributed by atoms with Gasteiger partial charge < -0.3 is 30.4 Å². The normalized spacial score (nSPS) is 32.9. The molecule has 3 rings (SSSR count). The average molecular weight is 294 g/mol. The number of nitrogen functional groups attached to an aromatic ring is 1. The molecule has 1 aliphatic heterocycles. The van der Waals surface area contributed by atoms with Gasteiger partial charge in [-0.05, 0) is 12.5 Å². The van der Waals surface area contributed by atoms with E-state index in [0.717, 1.165) is 0 Å². The van der Waals surface area contributed by atoms with Gasteiger partial charge in [-0.1, -0.05) is 6.92 Å². The standard InChI is InChI=1S/C13H18N4O4/c1-2-13(20)9(19)8(5-18)21-12(13)17-4-3-7-10(14)15-6-16-11(7)17/h3-4,6,8-9,12,18-20H,2,5H2,1H3,(H2,14,15,16)/t8-,9?,12-,13?/m1/s1. The fourth-order valence-electron chi connectivity index (χ4n) is 2.84. The maximum Gasteiger partial charge on any atom is 0.167 e. The molecule has 2 aromatic heterocycles. The topological polar surface area (TPSA) is 127 Å². The van der Waals surface area contributed by atoms with Gasteiger partial charge in [-0.15, -0.1) is 0 Å². The summed E-state index contributed by atoms with van der Waals surface area (Å²) >= 11 is 0. The Morgan fingerprint density at radius 3 is 2.90 bits per heavy atom. The van der Waals surface area contributed by atoms with Gasteiger partial charge in [0.1, 0.15) is 35.6 Å². The van der Waals surface area contributed by atoms with Gasteiger partial charge in [0.15, 0.2) is 6.23 Å². The lowest BCUT2D eigenvalue weighted by Crippen LogP contribution is -2.46. The van der Waals surface area contributed by atoms with Crippen LogP contribution in [-0.2, 0) is 4.74 Å². The summed E-state index contributed by atoms with van der Waals surface area (Å²) in [6.07, 6.45) is 0.365. The van der Waals surface area contributed by atoms with E-state index >= 15 is 0 Å². The van der Waals surface area contributed by atoms with E-state index in [2.05, 4.69) is 9.97 Å². The Bertz CT molecular complexity index is 661. The Balaban J connectivity index is 2.11. The number of aliphatic hydroxyl groups is 3. The number of nitrogens with two attached hydrogens (primary N) is 1. The molecule has 1 aliphatic rings. The Hall–Kier alpha value is -1.74. The van der Waals surface area contributed by atoms with E-state index in [4.69, 9.17) is 10.5 Å². The molecule has 0 amide bonds. The van der Waals surface area contributed by atoms with Gasteiger partial charge in [0.25, 0.3) is 0 Å². The molecule has 8 nitrogen and oxygen atoms in total. The minimum absolute atomic E-state index is 0.259. The minimum Gasteiger partial charge on any atom is -0.394 e. The molecule has 0 bridgehead atoms. The number of hydrogen-bond donors (Lipinski definition) is 4. The number of nitrogens with zero attached hydrogens (tertiary/aromatic N) is 3. The molecule has 8 heteroatoms. The van der Waals surface area contributed by atoms with Crippen molar-refractivity contribution >= 4 is 16.9 Å². The number of aliphatic hydroxyl groups excluding tert-OH is 2. The van der Waals surface area contributed by atoms with Crippen molar-refractivity contribution < 1.29 is 20.1 Å². The quantitative estimate of drug-likeness (QED) is 0.595. The highest BCUT2D eigenvalue weighted by Gasteiger charge is 2.55. The fraction of sp³-hybridized carbons (Fsp3) is 0.538. The van der Waals surface area contributed by atoms with Crippen molar-refractivity contribution in [2.45, 2.75) is 37.4 Å². The second kappa shape index (κ2) is 4.92. The van der Waals surface area contributed by atoms with Gasteiger partial charge in [-0.25, -0.2) is 9.97 Å². The summed E-state index contributed by atoms with van der Waals surface area (Å²) in [6.45, 7) is 1.37. The van der Waals surface area contributed by atoms with Crippen molar-refractivity contribution in [1.82, 2.24) is 14.5 Å². The predicted octanol–water partition coefficient (Wildman–Crippen LogP) is -0.595. The number of ether oxygens (including phenoxy) is 1. The molecule has 0 aliphatic carbocycles. The summed E-state index contributed by atoms with van der Waals surface area (Å²) in [5.41, 5.74) is 4.78. The number of fused-ring (bicyclic) bond motifs is 1. The molecule has 0 spiro atoms. The third kappa shape index (κ3) is 1.91. The van der Waals surface area contributed by atoms with E-state index in [1.807, 2.05) is 0 Å². The third-order valence-electron chi connectivity index (χ3n) is 4.13. The van der Waals surface area contributed by atoms with Gasteiger partial charge in [0.2, 0.25) is 0 Å². The maximum absolute atomic E-state index is 10.7. The van der Waals surface area contributed by atoms with Crippen LogP contribution in [0.5, 0.6) is 0 Å². The summed E-state index contributed by atoms with van der Waals surface area (Å²) in [7, 11) is 0. The largest absolute Gasteiger partial charge is 0.394 e. The maximum atomic E-state index is 10.7. The lowest BCUT2D eigenvalue weighted by molar-refractivity contribution is -0.109. The van der Waals surface area contributed by atoms with E-state index in [9.17, 15) is 15.3 Å². The zero-order valence-corrected chi connectivity index (χ0v) is 11.5. The molecule has 21 heavy (non-hydrogen) atoms. The average Bonchev–Trinajstić information content (AvgIpc) is 3.01. The van der Waals surface area contributed by atoms with Crippen LogP contribution in [0.15, 0.2) is 18.6 Å². The van der Waals surface area contributed by atoms with Crippen molar-refractivity contribution in [3.63, 3.8) is 0 Å². The number of anilines is 1. The number of hydrogen-bond acceptors (Lipinski definition) is 7. The van der Waals surface area contributed by atoms with E-state index in [-0.39, 0.29) is 13.0 Å². The van der Waals surface area contributed by atoms with Gasteiger partial charge in [-0.3, -0.25) is 0 Å². The molecule has 0 radical (unpaired) electrons. The van der Waals surface area contributed by atoms with Crippen molar-refractivity contribution in [1.29, 1.82) is 0 Å². The molecule has 4 atom stereocenters. The lowest BCUT2D eigenvalue weighted by Gasteiger charge is -2.30. The van der Waals surface area contributed by atoms with Crippen LogP contribution in [0.2, 0.25) is 0 Å². The van der Waals surface area contributed by atoms with Crippen molar-refractivity contribution in [2.75, 3.05) is 12.3 Å². The molecule has 0 aromatic carbocycles. The number of aromatic nitrogens is 3. The Morgan fingerprint density at radius 2 is 2.24 bits per heavy atom. The summed E-state index contributed by atoms with van der Waals surface area (Å²) in [4.78, 5) is 8.07. The van der Waals surface area contributed by atoms with Gasteiger partial charge in [0, 0.05) is 6.20 Å². The molecule has 114 valence electrons. The molecule has 2 aromatic rings. The third-order valence-corrected chi connectivity index (χ3v) is 4.13. The van der Waals surface area contributed by atoms with Crippen LogP contribution in [0.3, 0.4) is 0 Å². The van der Waals surface area contributed by atoms with Crippen LogP contribution in [0.1, 0.15) is 19.6 Å². The second-order valence-electron chi connectivity index (χ2n) is 5.22. The summed E-state index contributed by atoms with van der Waals surface area (Å²) < 4.78 is 7.24. The molecule has 1 fully saturated rings. The Labute approximate surface area is 120 Å². The van der Waals surface area contributed by atoms with Crippen LogP contribution in [0.25, 0.3) is 11.0 Å². The molecule has 3 heterocycles. The summed E-state index contributed by atoms with van der Waals surface area (Å²) in [5.74, 6) is 0.330. The highest BCUT2D eigenvalue weighted by atomic mass is 16.6. The van der Waals surface area contributed by atoms with Gasteiger partial charge in [0.05, 0.1) is 12.0 Å². The Kier molecular flexibility index (Phi) is 3.33. The van der Waals surface area contributed by atoms with Crippen molar-refractivity contribution in [2.24, 2.45) is 0 Å². The first kappa shape index (κ1) is 14.2. The highest BCUT2D eigenvalue weighted by Crippen LogP contribution is 2.42. The smallest absolute Gasteiger partial charge is 0.167 e. The fourth-order valence-corrected chi connectivity index (χ4v) is 2.84. The van der Waals surface area contributed by atoms with Crippen LogP contribution >= 0.6 is 0 Å². The minimum atomic E-state index is -1.51. The first-order valence-electron chi connectivity index (χ1n) is 6.76. The SMILES string of the molecule is CCC1(O)C(O)[C@@H](CO)O[C@H]1n1ccc2c(N)ncnc21. The highest BCUT2D eigenvalue weighted by molar-refractivity contribution is 5.86. The van der Waals surface area contributed by atoms with E-state index in [1.54, 1.807) is 23.8 Å². The molecule has 2 unspecified atom stereocenters. The summed E-state index contributed by atoms with van der Waals surface area (Å²) in [6, 6.07) is 1.72. The Morgan fingerprint density at radius 1 is 1.48 bits per heavy atom. The molecule has 1 saturated heterocycles. The molecular formula is C13H18N4O4. The van der Waals surface area contributed by atoms with Gasteiger partial charge in [-0.2, -0.15) is 0 Å². The first-order valence-corrected chi connectivity index (χ1v) is 6.76. The monoisotopic (exact) mass is 294 g/mol. The summed E-state index contributed by atoms with van der Waals surface area (Å²) in [5, 5.41) is 30.9. The van der Waals surface area contributed by atoms with E-state index < -0.39 is 24.0 Å². The van der Waals surface area contributed by atoms with Crippen LogP contribution < -0.4 is 5.73 Å². The van der Waals surface area contributed by atoms with E-state index in [1.165, 1.54) is 6.33 Å². The first-order chi connectivity index (χ1) is 10.0. The van der Waals surface area contributed by atoms with Crippen molar-refractivity contribution in [3.05, 3.63) is 18.6 Å². The van der Waals surface area contributed by atoms with Crippen molar-refractivity contribution in [3.8, 4) is 0 Å². The second-order valence-corrected chi connectivity index (χ2v) is 5.22. The number of rotatable bonds is 3. The zero-order valence-electron chi connectivity index (χ0n) is 11.5. The predicted molar refractivity (Wildman–Crippen MR) is 74.2 cm³/mol. The van der Waals surface area contributed by atoms with Crippen LogP contribution in [-0.4, -0.2) is 54.3 Å².